The molecule has 606 valence electrons. The van der Waals surface area contributed by atoms with Crippen LogP contribution < -0.4 is 0 Å². The monoisotopic (exact) mass is 1700 g/mol. The summed E-state index contributed by atoms with van der Waals surface area (Å²) in [6.45, 7) is 22.3. The molecular weight excluding hydrogens is 1660 g/mol. The third-order valence-electron chi connectivity index (χ3n) is 23.5. The van der Waals surface area contributed by atoms with Gasteiger partial charge in [0.1, 0.15) is 93.2 Å². The van der Waals surface area contributed by atoms with E-state index in [1.165, 1.54) is 0 Å². The summed E-state index contributed by atoms with van der Waals surface area (Å²) in [4.78, 5) is 73.1. The van der Waals surface area contributed by atoms with E-state index in [0.717, 1.165) is 140 Å². The van der Waals surface area contributed by atoms with E-state index in [1.807, 2.05) is 243 Å². The minimum absolute atomic E-state index is 0.00783. The van der Waals surface area contributed by atoms with Crippen molar-refractivity contribution in [3.63, 3.8) is 0 Å². The molecule has 8 heterocycles. The molecule has 0 aliphatic carbocycles. The highest BCUT2D eigenvalue weighted by atomic mass is 14.9. The molecule has 25 rings (SSSR count). The highest BCUT2D eigenvalue weighted by molar-refractivity contribution is 6.35. The SMILES string of the molecule is N#Cc1nc2c3ccccc3c3ccc4ccccc4c3c2nc1C#N.N#Cc1nc2c3cccnc3c3ccc4ccccc4c3c2nc1C#N.N#Cc1nc2c3ncccc3c3ccc4ccccc4c3c2nc1C#N.N#Cc1nc2c3nccnc3c3ccc4ccccc4c3c2nc1C#N.[C-]#[N+]c1cc2c(cc1[N+]#[C-])c1nc([N+]#[C-])c(C#N)nc1c1c3ccccc3ccc21. The molecule has 0 radical (unpaired) electrons. The third-order valence-corrected chi connectivity index (χ3v) is 23.5. The van der Waals surface area contributed by atoms with Gasteiger partial charge in [0.05, 0.1) is 46.2 Å². The Labute approximate surface area is 754 Å². The van der Waals surface area contributed by atoms with Gasteiger partial charge in [-0.05, 0) is 99.0 Å². The van der Waals surface area contributed by atoms with Crippen LogP contribution in [0.25, 0.3) is 232 Å². The smallest absolute Gasteiger partial charge is 0.307 e. The summed E-state index contributed by atoms with van der Waals surface area (Å²) in [5, 5.41) is 109. The van der Waals surface area contributed by atoms with Gasteiger partial charge in [0, 0.05) is 84.0 Å². The molecule has 0 atom stereocenters. The molecule has 0 saturated heterocycles. The van der Waals surface area contributed by atoms with Crippen LogP contribution in [-0.2, 0) is 0 Å². The molecule has 26 heteroatoms. The highest BCUT2D eigenvalue weighted by Crippen LogP contribution is 2.46. The van der Waals surface area contributed by atoms with Gasteiger partial charge < -0.3 is 4.85 Å². The molecule has 0 N–H and O–H groups in total. The van der Waals surface area contributed by atoms with Crippen molar-refractivity contribution in [3.05, 3.63) is 353 Å². The van der Waals surface area contributed by atoms with Gasteiger partial charge >= 0.3 is 5.82 Å². The van der Waals surface area contributed by atoms with Crippen molar-refractivity contribution in [3.8, 4) is 54.6 Å². The van der Waals surface area contributed by atoms with Gasteiger partial charge in [0.2, 0.25) is 0 Å². The van der Waals surface area contributed by atoms with Crippen LogP contribution in [0.4, 0.5) is 17.2 Å². The molecule has 0 spiro atoms. The summed E-state index contributed by atoms with van der Waals surface area (Å²) in [5.74, 6) is -0.0792. The fourth-order valence-electron chi connectivity index (χ4n) is 17.8. The molecule has 17 aromatic carbocycles. The maximum Gasteiger partial charge on any atom is 0.307 e. The van der Waals surface area contributed by atoms with E-state index in [4.69, 9.17) is 19.7 Å². The maximum absolute atomic E-state index is 9.49. The number of rotatable bonds is 0. The van der Waals surface area contributed by atoms with Crippen molar-refractivity contribution >= 4 is 234 Å². The van der Waals surface area contributed by atoms with Gasteiger partial charge in [-0.2, -0.15) is 47.4 Å². The first-order valence-corrected chi connectivity index (χ1v) is 40.9. The minimum Gasteiger partial charge on any atom is -0.358 e. The maximum atomic E-state index is 9.49. The standard InChI is InChI=1S/C24H8N6.C22H10N4.2C21H9N5.C20H8N6/c1-26-18-10-16-15-9-8-13-6-4-5-7-14(13)21(15)23-22(17(16)11-19(18)27-2)30-24(28-3)20(12-25)29-23;23-11-18-19(12-24)26-22-20-14-6-2-1-5-13(14)9-10-16(20)15-7-3-4-8-17(15)21(22)25-18;22-10-16-17(11-23)26-21-18-13-5-2-1-4-12(13)7-8-14(18)19-15(20(21)25-16)6-3-9-24-19;22-10-16-17(11-23)26-21-19-15(6-3-9-24-19)14-8-7-12-4-1-2-5-13(12)18(14)20(21)25-16;21-9-14-15(10-22)26-20-18(25-14)16-12-4-2-1-3-11(12)5-6-13(16)17-19(20)24-8-7-23-17/h4-11H;1-10H;2*1-9H;1-8H. The molecular formula is C108H44N26. The number of fused-ring (bicyclic) bond motifs is 40. The summed E-state index contributed by atoms with van der Waals surface area (Å²) in [6.07, 6.45) is 6.65. The Hall–Kier alpha value is -21.4. The molecule has 26 nitrogen and oxygen atoms in total. The average molecular weight is 1710 g/mol. The Morgan fingerprint density at radius 2 is 0.440 bits per heavy atom. The van der Waals surface area contributed by atoms with Gasteiger partial charge in [-0.15, -0.1) is 4.98 Å². The molecule has 0 aliphatic heterocycles. The van der Waals surface area contributed by atoms with Crippen molar-refractivity contribution in [2.24, 2.45) is 0 Å². The number of nitrogens with zero attached hydrogens (tertiary/aromatic N) is 26. The predicted molar refractivity (Wildman–Crippen MR) is 513 cm³/mol. The lowest BCUT2D eigenvalue weighted by Gasteiger charge is -2.12. The number of benzene rings is 17. The summed E-state index contributed by atoms with van der Waals surface area (Å²) >= 11 is 0. The summed E-state index contributed by atoms with van der Waals surface area (Å²) in [5.41, 5.74) is 9.09. The van der Waals surface area contributed by atoms with Gasteiger partial charge in [-0.1, -0.05) is 231 Å². The fraction of sp³-hybridized carbons (Fsp3) is 0. The van der Waals surface area contributed by atoms with Crippen LogP contribution in [0.2, 0.25) is 0 Å². The second-order valence-corrected chi connectivity index (χ2v) is 30.4. The van der Waals surface area contributed by atoms with Crippen LogP contribution >= 0.6 is 0 Å². The molecule has 0 bridgehead atoms. The Morgan fingerprint density at radius 1 is 0.179 bits per heavy atom. The van der Waals surface area contributed by atoms with Gasteiger partial charge in [-0.25, -0.2) is 44.9 Å². The molecule has 134 heavy (non-hydrogen) atoms. The number of aromatic nitrogens is 14. The van der Waals surface area contributed by atoms with Crippen molar-refractivity contribution in [1.82, 2.24) is 69.8 Å². The first kappa shape index (κ1) is 79.8. The van der Waals surface area contributed by atoms with Crippen molar-refractivity contribution in [2.75, 3.05) is 0 Å². The number of hydrogen-bond acceptors (Lipinski definition) is 23. The Balaban J connectivity index is 0.000000101. The summed E-state index contributed by atoms with van der Waals surface area (Å²) in [6, 6.07) is 97.0. The predicted octanol–water partition coefficient (Wildman–Crippen LogP) is 23.5. The largest absolute Gasteiger partial charge is 0.358 e. The quantitative estimate of drug-likeness (QED) is 0.100. The van der Waals surface area contributed by atoms with Crippen LogP contribution in [0.5, 0.6) is 0 Å². The Kier molecular flexibility index (Phi) is 19.4. The summed E-state index contributed by atoms with van der Waals surface area (Å²) < 4.78 is 0. The van der Waals surface area contributed by atoms with Crippen molar-refractivity contribution < 1.29 is 0 Å². The molecule has 0 unspecified atom stereocenters. The zero-order valence-electron chi connectivity index (χ0n) is 69.0. The van der Waals surface area contributed by atoms with Gasteiger partial charge in [0.15, 0.2) is 68.1 Å². The van der Waals surface area contributed by atoms with Crippen LogP contribution in [0, 0.1) is 122 Å². The van der Waals surface area contributed by atoms with E-state index in [2.05, 4.69) is 127 Å². The number of nitriles is 9. The Morgan fingerprint density at radius 3 is 0.851 bits per heavy atom. The fourth-order valence-corrected chi connectivity index (χ4v) is 17.8. The van der Waals surface area contributed by atoms with Gasteiger partial charge in [0.25, 0.3) is 0 Å². The second-order valence-electron chi connectivity index (χ2n) is 30.4. The third kappa shape index (κ3) is 12.8. The lowest BCUT2D eigenvalue weighted by Crippen LogP contribution is -1.99. The zero-order chi connectivity index (χ0) is 91.5. The Bertz CT molecular complexity index is 9340. The van der Waals surface area contributed by atoms with Crippen LogP contribution in [0.3, 0.4) is 0 Å². The summed E-state index contributed by atoms with van der Waals surface area (Å²) in [7, 11) is 0. The lowest BCUT2D eigenvalue weighted by molar-refractivity contribution is 1.20. The molecule has 0 fully saturated rings. The van der Waals surface area contributed by atoms with Crippen LogP contribution in [0.1, 0.15) is 51.2 Å². The second kappa shape index (κ2) is 32.6. The lowest BCUT2D eigenvalue weighted by atomic mass is 9.94. The highest BCUT2D eigenvalue weighted by Gasteiger charge is 2.26. The van der Waals surface area contributed by atoms with E-state index in [1.54, 1.807) is 36.9 Å². The van der Waals surface area contributed by atoms with E-state index >= 15 is 0 Å². The van der Waals surface area contributed by atoms with E-state index in [9.17, 15) is 47.4 Å². The zero-order valence-corrected chi connectivity index (χ0v) is 69.0. The first-order valence-electron chi connectivity index (χ1n) is 40.9. The van der Waals surface area contributed by atoms with E-state index in [-0.39, 0.29) is 68.4 Å². The topological polar surface area (TPSA) is 408 Å². The van der Waals surface area contributed by atoms with Crippen LogP contribution in [0.15, 0.2) is 267 Å². The molecule has 0 saturated carbocycles. The number of hydrogen-bond donors (Lipinski definition) is 0. The van der Waals surface area contributed by atoms with E-state index < -0.39 is 0 Å². The molecule has 0 aliphatic rings. The first-order chi connectivity index (χ1) is 65.9. The normalized spacial score (nSPS) is 10.9. The van der Waals surface area contributed by atoms with E-state index in [0.29, 0.717) is 77.1 Å². The van der Waals surface area contributed by atoms with Crippen molar-refractivity contribution in [1.29, 1.82) is 47.4 Å². The molecule has 0 amide bonds. The van der Waals surface area contributed by atoms with Gasteiger partial charge in [-0.3, -0.25) is 29.6 Å². The number of pyridine rings is 2. The van der Waals surface area contributed by atoms with Crippen LogP contribution in [-0.4, -0.2) is 69.8 Å². The molecule has 25 aromatic rings. The minimum atomic E-state index is -0.0792. The average Bonchev–Trinajstić information content (AvgIpc) is 0.771. The van der Waals surface area contributed by atoms with Crippen molar-refractivity contribution in [2.45, 2.75) is 0 Å². The molecule has 8 aromatic heterocycles.